The Balaban J connectivity index is 2.09. The third-order valence-electron chi connectivity index (χ3n) is 2.84. The Morgan fingerprint density at radius 3 is 3.25 bits per heavy atom. The second kappa shape index (κ2) is 4.80. The molecule has 0 radical (unpaired) electrons. The second-order valence-electron chi connectivity index (χ2n) is 3.89. The normalized spacial score (nSPS) is 21.9. The maximum atomic E-state index is 11.5. The van der Waals surface area contributed by atoms with Crippen molar-refractivity contribution in [1.82, 2.24) is 15.2 Å². The zero-order valence-corrected chi connectivity index (χ0v) is 9.87. The van der Waals surface area contributed by atoms with Gasteiger partial charge in [0.2, 0.25) is 5.91 Å². The summed E-state index contributed by atoms with van der Waals surface area (Å²) in [5, 5.41) is 3.35. The summed E-state index contributed by atoms with van der Waals surface area (Å²) in [4.78, 5) is 17.6. The van der Waals surface area contributed by atoms with Gasteiger partial charge in [-0.3, -0.25) is 9.69 Å². The number of aromatic nitrogens is 1. The number of nitrogens with zero attached hydrogens (tertiary/aromatic N) is 2. The molecule has 0 bridgehead atoms. The molecule has 16 heavy (non-hydrogen) atoms. The van der Waals surface area contributed by atoms with E-state index in [1.807, 2.05) is 19.1 Å². The summed E-state index contributed by atoms with van der Waals surface area (Å²) < 4.78 is 0. The van der Waals surface area contributed by atoms with Crippen LogP contribution in [0.3, 0.4) is 0 Å². The van der Waals surface area contributed by atoms with Crippen LogP contribution in [0.4, 0.5) is 0 Å². The zero-order chi connectivity index (χ0) is 11.5. The number of halogens is 1. The predicted octanol–water partition coefficient (Wildman–Crippen LogP) is 1.06. The average molecular weight is 240 g/mol. The lowest BCUT2D eigenvalue weighted by Gasteiger charge is -2.32. The SMILES string of the molecule is CC1C(=O)NCCN1Cc1cccnc1Cl. The summed E-state index contributed by atoms with van der Waals surface area (Å²) in [6.45, 7) is 4.11. The molecule has 1 aliphatic heterocycles. The van der Waals surface area contributed by atoms with Gasteiger partial charge in [0.25, 0.3) is 0 Å². The van der Waals surface area contributed by atoms with Gasteiger partial charge in [-0.15, -0.1) is 0 Å². The Morgan fingerprint density at radius 2 is 2.50 bits per heavy atom. The van der Waals surface area contributed by atoms with Gasteiger partial charge in [-0.25, -0.2) is 4.98 Å². The molecule has 0 saturated carbocycles. The Morgan fingerprint density at radius 1 is 1.69 bits per heavy atom. The maximum Gasteiger partial charge on any atom is 0.237 e. The average Bonchev–Trinajstić information content (AvgIpc) is 2.28. The van der Waals surface area contributed by atoms with Crippen LogP contribution in [0.2, 0.25) is 5.15 Å². The Hall–Kier alpha value is -1.13. The maximum absolute atomic E-state index is 11.5. The molecular formula is C11H14ClN3O. The minimum Gasteiger partial charge on any atom is -0.353 e. The smallest absolute Gasteiger partial charge is 0.237 e. The first kappa shape index (κ1) is 11.4. The number of carbonyl (C=O) groups excluding carboxylic acids is 1. The molecule has 1 atom stereocenters. The largest absolute Gasteiger partial charge is 0.353 e. The van der Waals surface area contributed by atoms with E-state index in [0.717, 1.165) is 12.1 Å². The van der Waals surface area contributed by atoms with Crippen LogP contribution in [0.25, 0.3) is 0 Å². The highest BCUT2D eigenvalue weighted by Crippen LogP contribution is 2.16. The molecule has 1 fully saturated rings. The minimum absolute atomic E-state index is 0.0752. The van der Waals surface area contributed by atoms with Crippen molar-refractivity contribution in [3.8, 4) is 0 Å². The lowest BCUT2D eigenvalue weighted by atomic mass is 10.1. The van der Waals surface area contributed by atoms with Crippen molar-refractivity contribution in [3.05, 3.63) is 29.0 Å². The molecular weight excluding hydrogens is 226 g/mol. The molecule has 86 valence electrons. The zero-order valence-electron chi connectivity index (χ0n) is 9.11. The van der Waals surface area contributed by atoms with Gasteiger partial charge >= 0.3 is 0 Å². The number of carbonyl (C=O) groups is 1. The molecule has 0 aromatic carbocycles. The summed E-state index contributed by atoms with van der Waals surface area (Å²) in [7, 11) is 0. The first-order valence-corrected chi connectivity index (χ1v) is 5.67. The molecule has 1 N–H and O–H groups in total. The van der Waals surface area contributed by atoms with Gasteiger partial charge < -0.3 is 5.32 Å². The standard InChI is InChI=1S/C11H14ClN3O/c1-8-11(16)14-5-6-15(8)7-9-3-2-4-13-10(9)12/h2-4,8H,5-7H2,1H3,(H,14,16). The van der Waals surface area contributed by atoms with Crippen molar-refractivity contribution >= 4 is 17.5 Å². The molecule has 1 saturated heterocycles. The summed E-state index contributed by atoms with van der Waals surface area (Å²) in [6, 6.07) is 3.69. The van der Waals surface area contributed by atoms with Crippen LogP contribution in [-0.2, 0) is 11.3 Å². The molecule has 0 spiro atoms. The fourth-order valence-corrected chi connectivity index (χ4v) is 1.98. The summed E-state index contributed by atoms with van der Waals surface area (Å²) >= 11 is 5.99. The highest BCUT2D eigenvalue weighted by atomic mass is 35.5. The van der Waals surface area contributed by atoms with Crippen LogP contribution < -0.4 is 5.32 Å². The molecule has 1 amide bonds. The van der Waals surface area contributed by atoms with Crippen LogP contribution in [0.5, 0.6) is 0 Å². The van der Waals surface area contributed by atoms with Crippen molar-refractivity contribution in [2.45, 2.75) is 19.5 Å². The molecule has 1 unspecified atom stereocenters. The van der Waals surface area contributed by atoms with Crippen LogP contribution in [-0.4, -0.2) is 34.9 Å². The van der Waals surface area contributed by atoms with Gasteiger partial charge in [0.15, 0.2) is 0 Å². The van der Waals surface area contributed by atoms with E-state index in [-0.39, 0.29) is 11.9 Å². The van der Waals surface area contributed by atoms with Crippen LogP contribution in [0.1, 0.15) is 12.5 Å². The second-order valence-corrected chi connectivity index (χ2v) is 4.25. The Kier molecular flexibility index (Phi) is 3.41. The fraction of sp³-hybridized carbons (Fsp3) is 0.455. The number of hydrogen-bond donors (Lipinski definition) is 1. The Bertz CT molecular complexity index is 397. The van der Waals surface area contributed by atoms with Crippen molar-refractivity contribution < 1.29 is 4.79 Å². The van der Waals surface area contributed by atoms with E-state index in [9.17, 15) is 4.79 Å². The van der Waals surface area contributed by atoms with E-state index in [1.54, 1.807) is 6.20 Å². The number of amides is 1. The van der Waals surface area contributed by atoms with Crippen molar-refractivity contribution in [2.75, 3.05) is 13.1 Å². The molecule has 1 aliphatic rings. The van der Waals surface area contributed by atoms with Crippen molar-refractivity contribution in [1.29, 1.82) is 0 Å². The van der Waals surface area contributed by atoms with Crippen molar-refractivity contribution in [2.24, 2.45) is 0 Å². The topological polar surface area (TPSA) is 45.2 Å². The van der Waals surface area contributed by atoms with Gasteiger partial charge in [-0.1, -0.05) is 17.7 Å². The fourth-order valence-electron chi connectivity index (χ4n) is 1.80. The summed E-state index contributed by atoms with van der Waals surface area (Å²) in [6.07, 6.45) is 1.66. The predicted molar refractivity (Wildman–Crippen MR) is 62.1 cm³/mol. The number of nitrogens with one attached hydrogen (secondary N) is 1. The van der Waals surface area contributed by atoms with E-state index in [1.165, 1.54) is 0 Å². The summed E-state index contributed by atoms with van der Waals surface area (Å²) in [5.41, 5.74) is 0.964. The quantitative estimate of drug-likeness (QED) is 0.785. The van der Waals surface area contributed by atoms with Gasteiger partial charge in [-0.2, -0.15) is 0 Å². The molecule has 0 aliphatic carbocycles. The number of hydrogen-bond acceptors (Lipinski definition) is 3. The van der Waals surface area contributed by atoms with Crippen LogP contribution in [0, 0.1) is 0 Å². The number of pyridine rings is 1. The lowest BCUT2D eigenvalue weighted by molar-refractivity contribution is -0.128. The molecule has 2 rings (SSSR count). The van der Waals surface area contributed by atoms with Gasteiger partial charge in [0.1, 0.15) is 5.15 Å². The highest BCUT2D eigenvalue weighted by Gasteiger charge is 2.25. The third-order valence-corrected chi connectivity index (χ3v) is 3.18. The van der Waals surface area contributed by atoms with E-state index in [0.29, 0.717) is 18.2 Å². The van der Waals surface area contributed by atoms with Gasteiger partial charge in [0.05, 0.1) is 6.04 Å². The summed E-state index contributed by atoms with van der Waals surface area (Å²) in [5.74, 6) is 0.0752. The number of rotatable bonds is 2. The monoisotopic (exact) mass is 239 g/mol. The van der Waals surface area contributed by atoms with Crippen LogP contribution >= 0.6 is 11.6 Å². The lowest BCUT2D eigenvalue weighted by Crippen LogP contribution is -2.53. The molecule has 1 aromatic rings. The Labute approximate surface area is 99.6 Å². The third kappa shape index (κ3) is 2.33. The minimum atomic E-state index is -0.106. The first-order valence-electron chi connectivity index (χ1n) is 5.29. The van der Waals surface area contributed by atoms with E-state index in [2.05, 4.69) is 15.2 Å². The molecule has 2 heterocycles. The first-order chi connectivity index (χ1) is 7.68. The van der Waals surface area contributed by atoms with E-state index in [4.69, 9.17) is 11.6 Å². The van der Waals surface area contributed by atoms with E-state index >= 15 is 0 Å². The number of piperazine rings is 1. The highest BCUT2D eigenvalue weighted by molar-refractivity contribution is 6.30. The van der Waals surface area contributed by atoms with Gasteiger partial charge in [-0.05, 0) is 13.0 Å². The molecule has 4 nitrogen and oxygen atoms in total. The van der Waals surface area contributed by atoms with Gasteiger partial charge in [0, 0.05) is 31.4 Å². The molecule has 1 aromatic heterocycles. The van der Waals surface area contributed by atoms with Crippen LogP contribution in [0.15, 0.2) is 18.3 Å². The van der Waals surface area contributed by atoms with E-state index < -0.39 is 0 Å². The molecule has 5 heteroatoms. The van der Waals surface area contributed by atoms with Crippen molar-refractivity contribution in [3.63, 3.8) is 0 Å².